The van der Waals surface area contributed by atoms with Crippen molar-refractivity contribution in [3.8, 4) is 0 Å². The van der Waals surface area contributed by atoms with Crippen molar-refractivity contribution in [1.82, 2.24) is 0 Å². The summed E-state index contributed by atoms with van der Waals surface area (Å²) in [7, 11) is 0. The minimum Gasteiger partial charge on any atom is -0.481 e. The molecule has 2 nitrogen and oxygen atoms in total. The van der Waals surface area contributed by atoms with Crippen LogP contribution in [0.15, 0.2) is 0 Å². The Kier molecular flexibility index (Phi) is 3.92. The van der Waals surface area contributed by atoms with Crippen molar-refractivity contribution in [3.05, 3.63) is 0 Å². The molecule has 0 saturated heterocycles. The SMILES string of the molecule is O=C(O)C1CCCC1.[Cr]. The number of hydrogen-bond acceptors (Lipinski definition) is 1. The molecule has 0 unspecified atom stereocenters. The molecule has 1 saturated carbocycles. The molecule has 9 heavy (non-hydrogen) atoms. The second-order valence-corrected chi connectivity index (χ2v) is 2.32. The van der Waals surface area contributed by atoms with Gasteiger partial charge in [0.05, 0.1) is 5.92 Å². The van der Waals surface area contributed by atoms with Crippen LogP contribution in [0.5, 0.6) is 0 Å². The predicted molar refractivity (Wildman–Crippen MR) is 29.6 cm³/mol. The number of carboxylic acids is 1. The van der Waals surface area contributed by atoms with Gasteiger partial charge in [-0.3, -0.25) is 4.79 Å². The molecule has 0 aromatic heterocycles. The molecular formula is C6H10CrO2. The molecule has 0 bridgehead atoms. The molecule has 0 radical (unpaired) electrons. The van der Waals surface area contributed by atoms with E-state index in [0.717, 1.165) is 25.7 Å². The summed E-state index contributed by atoms with van der Waals surface area (Å²) >= 11 is 0. The first-order valence-electron chi connectivity index (χ1n) is 3.03. The molecule has 0 amide bonds. The van der Waals surface area contributed by atoms with Crippen molar-refractivity contribution in [2.75, 3.05) is 0 Å². The fourth-order valence-corrected chi connectivity index (χ4v) is 1.17. The average Bonchev–Trinajstić information content (AvgIpc) is 2.12. The van der Waals surface area contributed by atoms with Crippen LogP contribution in [0.25, 0.3) is 0 Å². The number of hydrogen-bond donors (Lipinski definition) is 1. The van der Waals surface area contributed by atoms with E-state index in [0.29, 0.717) is 0 Å². The van der Waals surface area contributed by atoms with Gasteiger partial charge >= 0.3 is 5.97 Å². The maximum absolute atomic E-state index is 10.2. The van der Waals surface area contributed by atoms with E-state index in [1.165, 1.54) is 0 Å². The van der Waals surface area contributed by atoms with Crippen LogP contribution in [0.1, 0.15) is 25.7 Å². The van der Waals surface area contributed by atoms with Gasteiger partial charge in [-0.15, -0.1) is 0 Å². The van der Waals surface area contributed by atoms with E-state index in [1.54, 1.807) is 0 Å². The summed E-state index contributed by atoms with van der Waals surface area (Å²) in [6.07, 6.45) is 4.01. The number of rotatable bonds is 1. The van der Waals surface area contributed by atoms with E-state index in [1.807, 2.05) is 0 Å². The quantitative estimate of drug-likeness (QED) is 0.636. The molecule has 1 aliphatic carbocycles. The van der Waals surface area contributed by atoms with E-state index in [9.17, 15) is 4.79 Å². The second kappa shape index (κ2) is 3.92. The summed E-state index contributed by atoms with van der Waals surface area (Å²) in [4.78, 5) is 10.2. The molecular weight excluding hydrogens is 156 g/mol. The van der Waals surface area contributed by atoms with Gasteiger partial charge in [-0.25, -0.2) is 0 Å². The molecule has 52 valence electrons. The summed E-state index contributed by atoms with van der Waals surface area (Å²) in [5.74, 6) is -0.627. The van der Waals surface area contributed by atoms with E-state index in [4.69, 9.17) is 5.11 Å². The molecule has 1 aliphatic rings. The number of carbonyl (C=O) groups is 1. The molecule has 0 spiro atoms. The van der Waals surface area contributed by atoms with Gasteiger partial charge in [0.2, 0.25) is 0 Å². The fourth-order valence-electron chi connectivity index (χ4n) is 1.17. The number of aliphatic carboxylic acids is 1. The fraction of sp³-hybridized carbons (Fsp3) is 0.833. The zero-order chi connectivity index (χ0) is 5.98. The molecule has 1 rings (SSSR count). The Morgan fingerprint density at radius 1 is 1.33 bits per heavy atom. The van der Waals surface area contributed by atoms with Crippen molar-refractivity contribution in [2.24, 2.45) is 5.92 Å². The van der Waals surface area contributed by atoms with Crippen molar-refractivity contribution in [1.29, 1.82) is 0 Å². The Bertz CT molecular complexity index is 97.2. The molecule has 3 heteroatoms. The topological polar surface area (TPSA) is 37.3 Å². The van der Waals surface area contributed by atoms with Crippen molar-refractivity contribution >= 4 is 5.97 Å². The van der Waals surface area contributed by atoms with Crippen LogP contribution in [-0.4, -0.2) is 11.1 Å². The largest absolute Gasteiger partial charge is 0.481 e. The van der Waals surface area contributed by atoms with E-state index in [-0.39, 0.29) is 23.3 Å². The van der Waals surface area contributed by atoms with Crippen LogP contribution in [0.4, 0.5) is 0 Å². The zero-order valence-corrected chi connectivity index (χ0v) is 6.44. The smallest absolute Gasteiger partial charge is 0.306 e. The Morgan fingerprint density at radius 2 is 1.78 bits per heavy atom. The molecule has 0 heterocycles. The Hall–Kier alpha value is 0.00247. The summed E-state index contributed by atoms with van der Waals surface area (Å²) in [5.41, 5.74) is 0. The molecule has 0 aromatic carbocycles. The maximum atomic E-state index is 10.2. The van der Waals surface area contributed by atoms with Crippen LogP contribution in [0.3, 0.4) is 0 Å². The van der Waals surface area contributed by atoms with Crippen LogP contribution in [0, 0.1) is 5.92 Å². The third-order valence-electron chi connectivity index (χ3n) is 1.70. The Balaban J connectivity index is 0.000000640. The van der Waals surface area contributed by atoms with Crippen LogP contribution < -0.4 is 0 Å². The summed E-state index contributed by atoms with van der Waals surface area (Å²) in [5, 5.41) is 8.41. The van der Waals surface area contributed by atoms with Crippen molar-refractivity contribution in [3.63, 3.8) is 0 Å². The van der Waals surface area contributed by atoms with Gasteiger partial charge in [0, 0.05) is 17.4 Å². The van der Waals surface area contributed by atoms with E-state index >= 15 is 0 Å². The summed E-state index contributed by atoms with van der Waals surface area (Å²) in [6.45, 7) is 0. The van der Waals surface area contributed by atoms with Gasteiger partial charge in [0.15, 0.2) is 0 Å². The Labute approximate surface area is 65.4 Å². The van der Waals surface area contributed by atoms with E-state index in [2.05, 4.69) is 0 Å². The van der Waals surface area contributed by atoms with Crippen LogP contribution in [0.2, 0.25) is 0 Å². The molecule has 0 atom stereocenters. The third-order valence-corrected chi connectivity index (χ3v) is 1.70. The monoisotopic (exact) mass is 166 g/mol. The second-order valence-electron chi connectivity index (χ2n) is 2.32. The van der Waals surface area contributed by atoms with Gasteiger partial charge in [-0.05, 0) is 12.8 Å². The van der Waals surface area contributed by atoms with Crippen LogP contribution >= 0.6 is 0 Å². The van der Waals surface area contributed by atoms with Gasteiger partial charge in [0.1, 0.15) is 0 Å². The molecule has 1 fully saturated rings. The first-order chi connectivity index (χ1) is 3.80. The van der Waals surface area contributed by atoms with E-state index < -0.39 is 5.97 Å². The maximum Gasteiger partial charge on any atom is 0.306 e. The minimum absolute atomic E-state index is 0. The first-order valence-corrected chi connectivity index (χ1v) is 3.03. The minimum atomic E-state index is -0.609. The van der Waals surface area contributed by atoms with Crippen LogP contribution in [-0.2, 0) is 22.2 Å². The van der Waals surface area contributed by atoms with Crippen molar-refractivity contribution < 1.29 is 27.3 Å². The number of carboxylic acid groups (broad SMARTS) is 1. The summed E-state index contributed by atoms with van der Waals surface area (Å²) in [6, 6.07) is 0. The predicted octanol–water partition coefficient (Wildman–Crippen LogP) is 1.26. The Morgan fingerprint density at radius 3 is 2.00 bits per heavy atom. The van der Waals surface area contributed by atoms with Gasteiger partial charge in [-0.1, -0.05) is 12.8 Å². The normalized spacial score (nSPS) is 19.1. The molecule has 0 aliphatic heterocycles. The summed E-state index contributed by atoms with van der Waals surface area (Å²) < 4.78 is 0. The van der Waals surface area contributed by atoms with Gasteiger partial charge < -0.3 is 5.11 Å². The molecule has 1 N–H and O–H groups in total. The zero-order valence-electron chi connectivity index (χ0n) is 5.17. The van der Waals surface area contributed by atoms with Gasteiger partial charge in [-0.2, -0.15) is 0 Å². The van der Waals surface area contributed by atoms with Crippen molar-refractivity contribution in [2.45, 2.75) is 25.7 Å². The molecule has 0 aromatic rings. The third kappa shape index (κ3) is 2.38. The van der Waals surface area contributed by atoms with Gasteiger partial charge in [0.25, 0.3) is 0 Å². The standard InChI is InChI=1S/C6H10O2.Cr/c7-6(8)5-3-1-2-4-5;/h5H,1-4H2,(H,7,8);. The average molecular weight is 166 g/mol. The first kappa shape index (κ1) is 9.00.